The Morgan fingerprint density at radius 2 is 2.11 bits per heavy atom. The number of rotatable bonds is 6. The zero-order valence-corrected chi connectivity index (χ0v) is 11.8. The van der Waals surface area contributed by atoms with Gasteiger partial charge in [0, 0.05) is 38.4 Å². The Kier molecular flexibility index (Phi) is 6.80. The van der Waals surface area contributed by atoms with E-state index in [2.05, 4.69) is 4.90 Å². The highest BCUT2D eigenvalue weighted by Gasteiger charge is 2.22. The van der Waals surface area contributed by atoms with Crippen LogP contribution in [0.15, 0.2) is 0 Å². The first-order valence-corrected chi connectivity index (χ1v) is 6.71. The van der Waals surface area contributed by atoms with Crippen molar-refractivity contribution >= 4 is 11.9 Å². The van der Waals surface area contributed by atoms with Gasteiger partial charge in [0.2, 0.25) is 5.91 Å². The van der Waals surface area contributed by atoms with Crippen LogP contribution in [0.4, 0.5) is 0 Å². The molecule has 19 heavy (non-hydrogen) atoms. The fraction of sp³-hybridized carbons (Fsp3) is 0.846. The lowest BCUT2D eigenvalue weighted by Gasteiger charge is -2.25. The van der Waals surface area contributed by atoms with Crippen LogP contribution < -0.4 is 0 Å². The van der Waals surface area contributed by atoms with E-state index in [1.165, 1.54) is 0 Å². The largest absolute Gasteiger partial charge is 0.481 e. The Morgan fingerprint density at radius 1 is 1.37 bits per heavy atom. The molecule has 1 heterocycles. The van der Waals surface area contributed by atoms with Crippen LogP contribution in [0, 0.1) is 5.92 Å². The van der Waals surface area contributed by atoms with Crippen molar-refractivity contribution in [3.05, 3.63) is 0 Å². The molecule has 1 aliphatic heterocycles. The molecule has 0 unspecified atom stereocenters. The minimum absolute atomic E-state index is 0.0375. The first-order valence-electron chi connectivity index (χ1n) is 6.71. The topological polar surface area (TPSA) is 70.1 Å². The number of hydrogen-bond donors (Lipinski definition) is 1. The second-order valence-corrected chi connectivity index (χ2v) is 5.29. The van der Waals surface area contributed by atoms with Crippen LogP contribution in [0.1, 0.15) is 19.3 Å². The summed E-state index contributed by atoms with van der Waals surface area (Å²) in [4.78, 5) is 26.4. The summed E-state index contributed by atoms with van der Waals surface area (Å²) in [6.45, 7) is 3.44. The Morgan fingerprint density at radius 3 is 2.74 bits per heavy atom. The van der Waals surface area contributed by atoms with Crippen molar-refractivity contribution in [2.24, 2.45) is 5.92 Å². The molecular weight excluding hydrogens is 248 g/mol. The van der Waals surface area contributed by atoms with Crippen LogP contribution >= 0.6 is 0 Å². The Bertz CT molecular complexity index is 307. The Labute approximate surface area is 114 Å². The molecule has 0 spiro atoms. The van der Waals surface area contributed by atoms with Crippen LogP contribution in [-0.4, -0.2) is 73.7 Å². The van der Waals surface area contributed by atoms with Crippen molar-refractivity contribution in [3.63, 3.8) is 0 Å². The summed E-state index contributed by atoms with van der Waals surface area (Å²) in [6.07, 6.45) is 0.766. The smallest absolute Gasteiger partial charge is 0.303 e. The molecule has 6 heteroatoms. The molecule has 0 radical (unpaired) electrons. The summed E-state index contributed by atoms with van der Waals surface area (Å²) in [5.41, 5.74) is 0. The van der Waals surface area contributed by atoms with E-state index in [0.717, 1.165) is 6.54 Å². The van der Waals surface area contributed by atoms with Gasteiger partial charge in [-0.05, 0) is 20.5 Å². The van der Waals surface area contributed by atoms with E-state index in [4.69, 9.17) is 9.84 Å². The minimum Gasteiger partial charge on any atom is -0.481 e. The first-order chi connectivity index (χ1) is 8.99. The van der Waals surface area contributed by atoms with Crippen molar-refractivity contribution in [1.82, 2.24) is 9.80 Å². The molecule has 6 nitrogen and oxygen atoms in total. The average molecular weight is 272 g/mol. The normalized spacial score (nSPS) is 20.4. The van der Waals surface area contributed by atoms with Gasteiger partial charge in [-0.25, -0.2) is 0 Å². The second-order valence-electron chi connectivity index (χ2n) is 5.29. The van der Waals surface area contributed by atoms with Gasteiger partial charge in [-0.2, -0.15) is 0 Å². The number of ether oxygens (including phenoxy) is 1. The van der Waals surface area contributed by atoms with Crippen molar-refractivity contribution in [2.45, 2.75) is 19.3 Å². The molecule has 1 rings (SSSR count). The SMILES string of the molecule is CN(C)C[C@@H]1COCCN(C(=O)CCCC(=O)O)C1. The van der Waals surface area contributed by atoms with E-state index in [1.807, 2.05) is 19.0 Å². The summed E-state index contributed by atoms with van der Waals surface area (Å²) in [5.74, 6) is -0.492. The Balaban J connectivity index is 2.41. The number of amides is 1. The van der Waals surface area contributed by atoms with E-state index in [0.29, 0.717) is 45.1 Å². The fourth-order valence-electron chi connectivity index (χ4n) is 2.28. The zero-order valence-electron chi connectivity index (χ0n) is 11.8. The van der Waals surface area contributed by atoms with Crippen molar-refractivity contribution in [1.29, 1.82) is 0 Å². The second kappa shape index (κ2) is 8.12. The van der Waals surface area contributed by atoms with Crippen molar-refractivity contribution < 1.29 is 19.4 Å². The number of carbonyl (C=O) groups excluding carboxylic acids is 1. The molecule has 110 valence electrons. The Hall–Kier alpha value is -1.14. The standard InChI is InChI=1S/C13H24N2O4/c1-14(2)8-11-9-15(6-7-19-10-11)12(16)4-3-5-13(17)18/h11H,3-10H2,1-2H3,(H,17,18)/t11-/m0/s1. The molecule has 0 aliphatic carbocycles. The lowest BCUT2D eigenvalue weighted by atomic mass is 10.1. The van der Waals surface area contributed by atoms with Crippen molar-refractivity contribution in [3.8, 4) is 0 Å². The van der Waals surface area contributed by atoms with Gasteiger partial charge in [-0.15, -0.1) is 0 Å². The zero-order chi connectivity index (χ0) is 14.3. The molecule has 1 fully saturated rings. The van der Waals surface area contributed by atoms with Gasteiger partial charge in [0.05, 0.1) is 13.2 Å². The summed E-state index contributed by atoms with van der Waals surface area (Å²) >= 11 is 0. The van der Waals surface area contributed by atoms with Gasteiger partial charge < -0.3 is 19.6 Å². The van der Waals surface area contributed by atoms with E-state index >= 15 is 0 Å². The average Bonchev–Trinajstić information content (AvgIpc) is 2.53. The molecule has 1 amide bonds. The maximum Gasteiger partial charge on any atom is 0.303 e. The fourth-order valence-corrected chi connectivity index (χ4v) is 2.28. The number of carboxylic acids is 1. The van der Waals surface area contributed by atoms with Crippen LogP contribution in [0.5, 0.6) is 0 Å². The maximum atomic E-state index is 12.0. The van der Waals surface area contributed by atoms with E-state index in [-0.39, 0.29) is 12.3 Å². The van der Waals surface area contributed by atoms with Crippen LogP contribution in [0.3, 0.4) is 0 Å². The monoisotopic (exact) mass is 272 g/mol. The minimum atomic E-state index is -0.850. The summed E-state index contributed by atoms with van der Waals surface area (Å²) in [7, 11) is 4.01. The molecule has 0 aromatic carbocycles. The molecule has 1 N–H and O–H groups in total. The molecule has 1 aliphatic rings. The van der Waals surface area contributed by atoms with Crippen LogP contribution in [-0.2, 0) is 14.3 Å². The highest BCUT2D eigenvalue weighted by molar-refractivity contribution is 5.77. The van der Waals surface area contributed by atoms with Gasteiger partial charge in [-0.3, -0.25) is 9.59 Å². The molecule has 0 aromatic rings. The van der Waals surface area contributed by atoms with E-state index in [9.17, 15) is 9.59 Å². The predicted molar refractivity (Wildman–Crippen MR) is 70.9 cm³/mol. The first kappa shape index (κ1) is 15.9. The van der Waals surface area contributed by atoms with Crippen molar-refractivity contribution in [2.75, 3.05) is 46.9 Å². The molecule has 0 saturated carbocycles. The molecule has 0 bridgehead atoms. The number of hydrogen-bond acceptors (Lipinski definition) is 4. The van der Waals surface area contributed by atoms with Gasteiger partial charge in [-0.1, -0.05) is 0 Å². The molecule has 1 saturated heterocycles. The molecular formula is C13H24N2O4. The highest BCUT2D eigenvalue weighted by Crippen LogP contribution is 2.10. The summed E-state index contributed by atoms with van der Waals surface area (Å²) in [6, 6.07) is 0. The number of carbonyl (C=O) groups is 2. The number of nitrogens with zero attached hydrogens (tertiary/aromatic N) is 2. The highest BCUT2D eigenvalue weighted by atomic mass is 16.5. The maximum absolute atomic E-state index is 12.0. The third kappa shape index (κ3) is 6.54. The van der Waals surface area contributed by atoms with E-state index < -0.39 is 5.97 Å². The van der Waals surface area contributed by atoms with Gasteiger partial charge in [0.25, 0.3) is 0 Å². The van der Waals surface area contributed by atoms with Gasteiger partial charge >= 0.3 is 5.97 Å². The third-order valence-corrected chi connectivity index (χ3v) is 3.10. The van der Waals surface area contributed by atoms with Gasteiger partial charge in [0.15, 0.2) is 0 Å². The van der Waals surface area contributed by atoms with Crippen LogP contribution in [0.25, 0.3) is 0 Å². The lowest BCUT2D eigenvalue weighted by Crippen LogP contribution is -2.38. The number of aliphatic carboxylic acids is 1. The summed E-state index contributed by atoms with van der Waals surface area (Å²) < 4.78 is 5.52. The quantitative estimate of drug-likeness (QED) is 0.752. The molecule has 1 atom stereocenters. The summed E-state index contributed by atoms with van der Waals surface area (Å²) in [5, 5.41) is 8.57. The third-order valence-electron chi connectivity index (χ3n) is 3.10. The van der Waals surface area contributed by atoms with Gasteiger partial charge in [0.1, 0.15) is 0 Å². The predicted octanol–water partition coefficient (Wildman–Crippen LogP) is 0.278. The number of carboxylic acid groups (broad SMARTS) is 1. The lowest BCUT2D eigenvalue weighted by molar-refractivity contribution is -0.137. The van der Waals surface area contributed by atoms with Crippen LogP contribution in [0.2, 0.25) is 0 Å². The van der Waals surface area contributed by atoms with E-state index in [1.54, 1.807) is 0 Å². The molecule has 0 aromatic heterocycles.